The summed E-state index contributed by atoms with van der Waals surface area (Å²) in [7, 11) is 1.20. The largest absolute Gasteiger partial charge is 0.479 e. The second-order valence-electron chi connectivity index (χ2n) is 5.56. The van der Waals surface area contributed by atoms with Crippen molar-refractivity contribution in [1.29, 1.82) is 5.26 Å². The molecule has 0 aromatic heterocycles. The quantitative estimate of drug-likeness (QED) is 0.418. The van der Waals surface area contributed by atoms with Crippen LogP contribution in [0, 0.1) is 11.3 Å². The van der Waals surface area contributed by atoms with Gasteiger partial charge in [-0.2, -0.15) is 5.26 Å². The molecule has 0 aliphatic carbocycles. The SMILES string of the molecule is COC(=O)/C(C#N)=C/Nc1ccc(NC(=O)C(C)Oc2ccccc2Cl)cc1. The number of carbonyl (C=O) groups excluding carboxylic acids is 2. The van der Waals surface area contributed by atoms with E-state index < -0.39 is 12.1 Å². The highest BCUT2D eigenvalue weighted by atomic mass is 35.5. The number of nitriles is 1. The molecule has 0 radical (unpaired) electrons. The first-order valence-corrected chi connectivity index (χ1v) is 8.59. The molecule has 0 saturated carbocycles. The highest BCUT2D eigenvalue weighted by Crippen LogP contribution is 2.24. The number of carbonyl (C=O) groups is 2. The zero-order valence-corrected chi connectivity index (χ0v) is 16.0. The maximum atomic E-state index is 12.3. The normalized spacial score (nSPS) is 11.7. The molecule has 2 rings (SSSR count). The van der Waals surface area contributed by atoms with Gasteiger partial charge in [0.25, 0.3) is 5.91 Å². The van der Waals surface area contributed by atoms with Crippen molar-refractivity contribution in [3.05, 3.63) is 65.3 Å². The van der Waals surface area contributed by atoms with Crippen molar-refractivity contribution in [2.45, 2.75) is 13.0 Å². The minimum Gasteiger partial charge on any atom is -0.479 e. The van der Waals surface area contributed by atoms with Gasteiger partial charge in [-0.25, -0.2) is 4.79 Å². The van der Waals surface area contributed by atoms with E-state index >= 15 is 0 Å². The summed E-state index contributed by atoms with van der Waals surface area (Å²) in [5, 5.41) is 14.9. The summed E-state index contributed by atoms with van der Waals surface area (Å²) in [4.78, 5) is 23.6. The van der Waals surface area contributed by atoms with Gasteiger partial charge in [0.05, 0.1) is 12.1 Å². The van der Waals surface area contributed by atoms with Crippen LogP contribution >= 0.6 is 11.6 Å². The Labute approximate surface area is 167 Å². The number of nitrogens with one attached hydrogen (secondary N) is 2. The lowest BCUT2D eigenvalue weighted by atomic mass is 10.2. The van der Waals surface area contributed by atoms with Gasteiger partial charge in [0.15, 0.2) is 11.7 Å². The zero-order chi connectivity index (χ0) is 20.5. The maximum absolute atomic E-state index is 12.3. The van der Waals surface area contributed by atoms with E-state index in [2.05, 4.69) is 15.4 Å². The number of methoxy groups -OCH3 is 1. The fourth-order valence-corrected chi connectivity index (χ4v) is 2.26. The summed E-state index contributed by atoms with van der Waals surface area (Å²) in [6, 6.07) is 15.3. The lowest BCUT2D eigenvalue weighted by Gasteiger charge is -2.15. The molecule has 1 unspecified atom stereocenters. The molecule has 2 aromatic rings. The molecule has 2 N–H and O–H groups in total. The summed E-state index contributed by atoms with van der Waals surface area (Å²) in [5.41, 5.74) is 1.02. The molecule has 1 atom stereocenters. The van der Waals surface area contributed by atoms with Gasteiger partial charge in [-0.15, -0.1) is 0 Å². The highest BCUT2D eigenvalue weighted by Gasteiger charge is 2.16. The van der Waals surface area contributed by atoms with E-state index in [1.165, 1.54) is 13.3 Å². The molecule has 144 valence electrons. The Morgan fingerprint density at radius 2 is 1.79 bits per heavy atom. The standard InChI is InChI=1S/C20H18ClN3O4/c1-13(28-18-6-4-3-5-17(18)21)19(25)24-16-9-7-15(8-10-16)23-12-14(11-22)20(26)27-2/h3-10,12-13,23H,1-2H3,(H,24,25)/b14-12+. The van der Waals surface area contributed by atoms with E-state index in [0.29, 0.717) is 22.1 Å². The average molecular weight is 400 g/mol. The summed E-state index contributed by atoms with van der Waals surface area (Å²) < 4.78 is 10.1. The topological polar surface area (TPSA) is 100 Å². The molecule has 0 spiro atoms. The number of hydrogen-bond donors (Lipinski definition) is 2. The smallest absolute Gasteiger partial charge is 0.350 e. The number of rotatable bonds is 7. The Hall–Kier alpha value is -3.50. The predicted octanol–water partition coefficient (Wildman–Crippen LogP) is 3.74. The molecule has 2 aromatic carbocycles. The Kier molecular flexibility index (Phi) is 7.43. The van der Waals surface area contributed by atoms with Gasteiger partial charge in [-0.05, 0) is 43.3 Å². The van der Waals surface area contributed by atoms with Crippen LogP contribution in [0.15, 0.2) is 60.3 Å². The number of ether oxygens (including phenoxy) is 2. The Morgan fingerprint density at radius 3 is 2.39 bits per heavy atom. The Morgan fingerprint density at radius 1 is 1.14 bits per heavy atom. The minimum atomic E-state index is -0.751. The average Bonchev–Trinajstić information content (AvgIpc) is 2.71. The highest BCUT2D eigenvalue weighted by molar-refractivity contribution is 6.32. The van der Waals surface area contributed by atoms with E-state index in [-0.39, 0.29) is 11.5 Å². The van der Waals surface area contributed by atoms with Crippen molar-refractivity contribution >= 4 is 34.9 Å². The predicted molar refractivity (Wildman–Crippen MR) is 106 cm³/mol. The summed E-state index contributed by atoms with van der Waals surface area (Å²) in [6.07, 6.45) is 0.498. The van der Waals surface area contributed by atoms with E-state index in [1.807, 2.05) is 0 Å². The molecule has 0 aliphatic rings. The fraction of sp³-hybridized carbons (Fsp3) is 0.150. The second kappa shape index (κ2) is 10.00. The van der Waals surface area contributed by atoms with Gasteiger partial charge >= 0.3 is 5.97 Å². The van der Waals surface area contributed by atoms with Crippen LogP contribution < -0.4 is 15.4 Å². The Bertz CT molecular complexity index is 920. The molecule has 0 saturated heterocycles. The molecule has 0 aliphatic heterocycles. The van der Waals surface area contributed by atoms with Crippen molar-refractivity contribution in [1.82, 2.24) is 0 Å². The summed E-state index contributed by atoms with van der Waals surface area (Å²) >= 11 is 6.02. The van der Waals surface area contributed by atoms with E-state index in [9.17, 15) is 9.59 Å². The van der Waals surface area contributed by atoms with E-state index in [1.54, 1.807) is 61.5 Å². The van der Waals surface area contributed by atoms with Crippen LogP contribution in [0.5, 0.6) is 5.75 Å². The van der Waals surface area contributed by atoms with Gasteiger partial charge in [0.1, 0.15) is 11.8 Å². The van der Waals surface area contributed by atoms with Crippen LogP contribution in [0.2, 0.25) is 5.02 Å². The first-order chi connectivity index (χ1) is 13.4. The molecule has 28 heavy (non-hydrogen) atoms. The number of amides is 1. The van der Waals surface area contributed by atoms with E-state index in [0.717, 1.165) is 0 Å². The van der Waals surface area contributed by atoms with E-state index in [4.69, 9.17) is 21.6 Å². The van der Waals surface area contributed by atoms with Gasteiger partial charge in [0, 0.05) is 17.6 Å². The van der Waals surface area contributed by atoms with Crippen molar-refractivity contribution in [3.63, 3.8) is 0 Å². The summed E-state index contributed by atoms with van der Waals surface area (Å²) in [5.74, 6) is -0.638. The number of hydrogen-bond acceptors (Lipinski definition) is 6. The molecule has 7 nitrogen and oxygen atoms in total. The summed E-state index contributed by atoms with van der Waals surface area (Å²) in [6.45, 7) is 1.62. The molecular weight excluding hydrogens is 382 g/mol. The third-order valence-corrected chi connectivity index (χ3v) is 3.88. The third-order valence-electron chi connectivity index (χ3n) is 3.57. The molecule has 0 fully saturated rings. The minimum absolute atomic E-state index is 0.162. The van der Waals surface area contributed by atoms with Gasteiger partial charge in [0.2, 0.25) is 0 Å². The number of benzene rings is 2. The number of para-hydroxylation sites is 1. The van der Waals surface area contributed by atoms with Crippen molar-refractivity contribution in [3.8, 4) is 11.8 Å². The second-order valence-corrected chi connectivity index (χ2v) is 5.97. The van der Waals surface area contributed by atoms with Crippen molar-refractivity contribution < 1.29 is 19.1 Å². The van der Waals surface area contributed by atoms with Crippen LogP contribution in [0.4, 0.5) is 11.4 Å². The van der Waals surface area contributed by atoms with Crippen LogP contribution in [0.25, 0.3) is 0 Å². The van der Waals surface area contributed by atoms with Crippen LogP contribution in [-0.4, -0.2) is 25.1 Å². The van der Waals surface area contributed by atoms with Crippen LogP contribution in [0.1, 0.15) is 6.92 Å². The molecule has 8 heteroatoms. The molecule has 0 bridgehead atoms. The van der Waals surface area contributed by atoms with Crippen LogP contribution in [0.3, 0.4) is 0 Å². The number of anilines is 2. The third kappa shape index (κ3) is 5.76. The van der Waals surface area contributed by atoms with Crippen molar-refractivity contribution in [2.75, 3.05) is 17.7 Å². The lowest BCUT2D eigenvalue weighted by Crippen LogP contribution is -2.30. The van der Waals surface area contributed by atoms with Gasteiger partial charge in [-0.1, -0.05) is 23.7 Å². The monoisotopic (exact) mass is 399 g/mol. The molecule has 1 amide bonds. The van der Waals surface area contributed by atoms with Gasteiger partial charge in [-0.3, -0.25) is 4.79 Å². The van der Waals surface area contributed by atoms with Crippen molar-refractivity contribution in [2.24, 2.45) is 0 Å². The molecule has 0 heterocycles. The number of halogens is 1. The first kappa shape index (κ1) is 20.8. The first-order valence-electron chi connectivity index (χ1n) is 8.22. The van der Waals surface area contributed by atoms with Gasteiger partial charge < -0.3 is 20.1 Å². The number of nitrogens with zero attached hydrogens (tertiary/aromatic N) is 1. The Balaban J connectivity index is 1.95. The molecular formula is C20H18ClN3O4. The van der Waals surface area contributed by atoms with Crippen LogP contribution in [-0.2, 0) is 14.3 Å². The lowest BCUT2D eigenvalue weighted by molar-refractivity contribution is -0.135. The maximum Gasteiger partial charge on any atom is 0.350 e. The number of esters is 1. The fourth-order valence-electron chi connectivity index (χ4n) is 2.08. The zero-order valence-electron chi connectivity index (χ0n) is 15.2.